The van der Waals surface area contributed by atoms with Crippen LogP contribution >= 0.6 is 23.2 Å². The van der Waals surface area contributed by atoms with Gasteiger partial charge in [-0.15, -0.1) is 0 Å². The highest BCUT2D eigenvalue weighted by molar-refractivity contribution is 6.35. The van der Waals surface area contributed by atoms with E-state index < -0.39 is 0 Å². The van der Waals surface area contributed by atoms with Gasteiger partial charge in [-0.1, -0.05) is 49.0 Å². The van der Waals surface area contributed by atoms with Crippen molar-refractivity contribution in [2.45, 2.75) is 32.6 Å². The summed E-state index contributed by atoms with van der Waals surface area (Å²) >= 11 is 11.9. The van der Waals surface area contributed by atoms with Gasteiger partial charge in [0.1, 0.15) is 0 Å². The van der Waals surface area contributed by atoms with Crippen LogP contribution in [-0.2, 0) is 6.42 Å². The van der Waals surface area contributed by atoms with Gasteiger partial charge in [-0.2, -0.15) is 0 Å². The molecule has 3 nitrogen and oxygen atoms in total. The van der Waals surface area contributed by atoms with Crippen LogP contribution in [0.3, 0.4) is 0 Å². The van der Waals surface area contributed by atoms with Crippen LogP contribution in [0.4, 0.5) is 4.79 Å². The van der Waals surface area contributed by atoms with Crippen molar-refractivity contribution in [1.82, 2.24) is 10.6 Å². The molecule has 0 atom stereocenters. The number of benzene rings is 1. The lowest BCUT2D eigenvalue weighted by molar-refractivity contribution is 0.241. The van der Waals surface area contributed by atoms with Gasteiger partial charge in [-0.3, -0.25) is 0 Å². The van der Waals surface area contributed by atoms with E-state index >= 15 is 0 Å². The first kappa shape index (κ1) is 16.1. The molecule has 0 aromatic heterocycles. The zero-order valence-electron chi connectivity index (χ0n) is 11.1. The number of hydrogen-bond acceptors (Lipinski definition) is 1. The number of carbonyl (C=O) groups is 1. The van der Waals surface area contributed by atoms with Gasteiger partial charge in [0.2, 0.25) is 0 Å². The minimum Gasteiger partial charge on any atom is -0.338 e. The predicted molar refractivity (Wildman–Crippen MR) is 81.1 cm³/mol. The second-order valence-corrected chi connectivity index (χ2v) is 5.22. The lowest BCUT2D eigenvalue weighted by Gasteiger charge is -2.08. The van der Waals surface area contributed by atoms with E-state index in [1.807, 2.05) is 6.07 Å². The quantitative estimate of drug-likeness (QED) is 0.734. The standard InChI is InChI=1S/C14H20Cl2N2O/c1-2-3-4-8-17-14(19)18-9-7-11-5-6-12(15)10-13(11)16/h5-6,10H,2-4,7-9H2,1H3,(H2,17,18,19). The molecule has 0 unspecified atom stereocenters. The van der Waals surface area contributed by atoms with Crippen LogP contribution in [0.25, 0.3) is 0 Å². The minimum absolute atomic E-state index is 0.124. The highest BCUT2D eigenvalue weighted by Gasteiger charge is 2.03. The zero-order chi connectivity index (χ0) is 14.1. The summed E-state index contributed by atoms with van der Waals surface area (Å²) in [5.41, 5.74) is 0.984. The molecule has 0 aliphatic carbocycles. The second-order valence-electron chi connectivity index (χ2n) is 4.38. The average molecular weight is 303 g/mol. The highest BCUT2D eigenvalue weighted by atomic mass is 35.5. The summed E-state index contributed by atoms with van der Waals surface area (Å²) in [6, 6.07) is 5.27. The Morgan fingerprint density at radius 2 is 1.89 bits per heavy atom. The van der Waals surface area contributed by atoms with Crippen molar-refractivity contribution in [1.29, 1.82) is 0 Å². The smallest absolute Gasteiger partial charge is 0.314 e. The number of urea groups is 1. The molecule has 106 valence electrons. The molecule has 0 heterocycles. The number of halogens is 2. The maximum Gasteiger partial charge on any atom is 0.314 e. The first-order valence-electron chi connectivity index (χ1n) is 6.59. The molecule has 2 amide bonds. The van der Waals surface area contributed by atoms with E-state index in [4.69, 9.17) is 23.2 Å². The average Bonchev–Trinajstić information content (AvgIpc) is 2.37. The van der Waals surface area contributed by atoms with Gasteiger partial charge in [0.25, 0.3) is 0 Å². The Morgan fingerprint density at radius 1 is 1.16 bits per heavy atom. The number of nitrogens with one attached hydrogen (secondary N) is 2. The van der Waals surface area contributed by atoms with Gasteiger partial charge in [0.15, 0.2) is 0 Å². The molecule has 19 heavy (non-hydrogen) atoms. The molecule has 0 bridgehead atoms. The molecule has 1 rings (SSSR count). The van der Waals surface area contributed by atoms with Gasteiger partial charge >= 0.3 is 6.03 Å². The second kappa shape index (κ2) is 9.05. The lowest BCUT2D eigenvalue weighted by Crippen LogP contribution is -2.37. The van der Waals surface area contributed by atoms with Crippen molar-refractivity contribution in [2.24, 2.45) is 0 Å². The van der Waals surface area contributed by atoms with E-state index in [1.165, 1.54) is 0 Å². The Hall–Kier alpha value is -0.930. The van der Waals surface area contributed by atoms with Crippen molar-refractivity contribution >= 4 is 29.2 Å². The van der Waals surface area contributed by atoms with Crippen molar-refractivity contribution in [3.05, 3.63) is 33.8 Å². The first-order valence-corrected chi connectivity index (χ1v) is 7.34. The molecule has 5 heteroatoms. The normalized spacial score (nSPS) is 10.3. The maximum absolute atomic E-state index is 11.5. The van der Waals surface area contributed by atoms with Gasteiger partial charge in [-0.05, 0) is 30.5 Å². The number of rotatable bonds is 7. The Morgan fingerprint density at radius 3 is 2.58 bits per heavy atom. The van der Waals surface area contributed by atoms with Crippen molar-refractivity contribution in [3.63, 3.8) is 0 Å². The van der Waals surface area contributed by atoms with Gasteiger partial charge in [0.05, 0.1) is 0 Å². The van der Waals surface area contributed by atoms with E-state index in [1.54, 1.807) is 12.1 Å². The monoisotopic (exact) mass is 302 g/mol. The number of carbonyl (C=O) groups excluding carboxylic acids is 1. The topological polar surface area (TPSA) is 41.1 Å². The summed E-state index contributed by atoms with van der Waals surface area (Å²) in [6.45, 7) is 3.41. The zero-order valence-corrected chi connectivity index (χ0v) is 12.7. The molecule has 2 N–H and O–H groups in total. The summed E-state index contributed by atoms with van der Waals surface area (Å²) in [7, 11) is 0. The van der Waals surface area contributed by atoms with Crippen LogP contribution in [-0.4, -0.2) is 19.1 Å². The van der Waals surface area contributed by atoms with Crippen LogP contribution in [0.15, 0.2) is 18.2 Å². The summed E-state index contributed by atoms with van der Waals surface area (Å²) in [6.07, 6.45) is 4.00. The Bertz CT molecular complexity index is 410. The summed E-state index contributed by atoms with van der Waals surface area (Å²) < 4.78 is 0. The Kier molecular flexibility index (Phi) is 7.68. The highest BCUT2D eigenvalue weighted by Crippen LogP contribution is 2.20. The van der Waals surface area contributed by atoms with Crippen LogP contribution in [0.5, 0.6) is 0 Å². The summed E-state index contributed by atoms with van der Waals surface area (Å²) in [4.78, 5) is 11.5. The fraction of sp³-hybridized carbons (Fsp3) is 0.500. The van der Waals surface area contributed by atoms with Crippen molar-refractivity contribution < 1.29 is 4.79 Å². The Balaban J connectivity index is 2.20. The molecule has 0 fully saturated rings. The molecular formula is C14H20Cl2N2O. The van der Waals surface area contributed by atoms with E-state index in [2.05, 4.69) is 17.6 Å². The van der Waals surface area contributed by atoms with Crippen LogP contribution < -0.4 is 10.6 Å². The van der Waals surface area contributed by atoms with Crippen LogP contribution in [0.1, 0.15) is 31.7 Å². The third-order valence-corrected chi connectivity index (χ3v) is 3.35. The Labute approximate surface area is 124 Å². The van der Waals surface area contributed by atoms with Gasteiger partial charge < -0.3 is 10.6 Å². The number of hydrogen-bond donors (Lipinski definition) is 2. The third kappa shape index (κ3) is 6.69. The van der Waals surface area contributed by atoms with Gasteiger partial charge in [0, 0.05) is 23.1 Å². The first-order chi connectivity index (χ1) is 9.13. The fourth-order valence-electron chi connectivity index (χ4n) is 1.67. The van der Waals surface area contributed by atoms with E-state index in [0.29, 0.717) is 23.0 Å². The molecule has 0 spiro atoms. The number of unbranched alkanes of at least 4 members (excludes halogenated alkanes) is 2. The predicted octanol–water partition coefficient (Wildman–Crippen LogP) is 4.03. The molecule has 0 radical (unpaired) electrons. The minimum atomic E-state index is -0.124. The van der Waals surface area contributed by atoms with Crippen molar-refractivity contribution in [2.75, 3.05) is 13.1 Å². The van der Waals surface area contributed by atoms with E-state index in [9.17, 15) is 4.79 Å². The molecule has 0 aliphatic heterocycles. The maximum atomic E-state index is 11.5. The van der Waals surface area contributed by atoms with Crippen molar-refractivity contribution in [3.8, 4) is 0 Å². The van der Waals surface area contributed by atoms with E-state index in [0.717, 1.165) is 31.4 Å². The third-order valence-electron chi connectivity index (χ3n) is 2.76. The fourth-order valence-corrected chi connectivity index (χ4v) is 2.18. The van der Waals surface area contributed by atoms with E-state index in [-0.39, 0.29) is 6.03 Å². The summed E-state index contributed by atoms with van der Waals surface area (Å²) in [5.74, 6) is 0. The molecule has 1 aromatic carbocycles. The summed E-state index contributed by atoms with van der Waals surface area (Å²) in [5, 5.41) is 6.89. The largest absolute Gasteiger partial charge is 0.338 e. The molecule has 1 aromatic rings. The number of amides is 2. The van der Waals surface area contributed by atoms with Crippen LogP contribution in [0.2, 0.25) is 10.0 Å². The van der Waals surface area contributed by atoms with Gasteiger partial charge in [-0.25, -0.2) is 4.79 Å². The molecular weight excluding hydrogens is 283 g/mol. The molecule has 0 aliphatic rings. The molecule has 0 saturated carbocycles. The molecule has 0 saturated heterocycles. The lowest BCUT2D eigenvalue weighted by atomic mass is 10.1. The SMILES string of the molecule is CCCCCNC(=O)NCCc1ccc(Cl)cc1Cl. The van der Waals surface area contributed by atoms with Crippen LogP contribution in [0, 0.1) is 0 Å².